The topological polar surface area (TPSA) is 98.9 Å². The van der Waals surface area contributed by atoms with Crippen molar-refractivity contribution in [3.05, 3.63) is 55.8 Å². The van der Waals surface area contributed by atoms with Gasteiger partial charge in [0.1, 0.15) is 5.82 Å². The number of carbonyl (C=O) groups excluding carboxylic acids is 3. The Morgan fingerprint density at radius 2 is 1.94 bits per heavy atom. The Morgan fingerprint density at radius 3 is 2.55 bits per heavy atom. The molecule has 3 rings (SSSR count). The summed E-state index contributed by atoms with van der Waals surface area (Å²) in [6.45, 7) is 3.84. The molecule has 2 atom stereocenters. The molecule has 2 aliphatic heterocycles. The van der Waals surface area contributed by atoms with E-state index in [2.05, 4.69) is 0 Å². The van der Waals surface area contributed by atoms with Crippen LogP contribution in [0.4, 0.5) is 0 Å². The van der Waals surface area contributed by atoms with Crippen LogP contribution < -0.4 is 5.73 Å². The van der Waals surface area contributed by atoms with Crippen LogP contribution >= 0.6 is 35.0 Å². The number of fused-ring (bicyclic) bond motifs is 1. The maximum Gasteiger partial charge on any atom is 0.338 e. The zero-order valence-electron chi connectivity index (χ0n) is 17.2. The summed E-state index contributed by atoms with van der Waals surface area (Å²) in [5.74, 6) is -2.82. The van der Waals surface area contributed by atoms with Gasteiger partial charge in [-0.2, -0.15) is 0 Å². The highest BCUT2D eigenvalue weighted by atomic mass is 35.5. The number of benzene rings is 1. The summed E-state index contributed by atoms with van der Waals surface area (Å²) in [6.07, 6.45) is 1.48. The lowest BCUT2D eigenvalue weighted by Crippen LogP contribution is -2.40. The van der Waals surface area contributed by atoms with Crippen molar-refractivity contribution >= 4 is 52.8 Å². The third-order valence-electron chi connectivity index (χ3n) is 5.01. The van der Waals surface area contributed by atoms with Crippen LogP contribution in [0.1, 0.15) is 38.2 Å². The number of methoxy groups -OCH3 is 1. The lowest BCUT2D eigenvalue weighted by Gasteiger charge is -2.33. The summed E-state index contributed by atoms with van der Waals surface area (Å²) >= 11 is 13.7. The van der Waals surface area contributed by atoms with E-state index < -0.39 is 23.1 Å². The molecule has 2 unspecified atom stereocenters. The van der Waals surface area contributed by atoms with E-state index in [0.717, 1.165) is 6.42 Å². The molecule has 0 radical (unpaired) electrons. The molecule has 2 aliphatic rings. The number of unbranched alkanes of at least 4 members (excludes halogenated alkanes) is 1. The Labute approximate surface area is 194 Å². The van der Waals surface area contributed by atoms with Crippen LogP contribution in [0.3, 0.4) is 0 Å². The standard InChI is InChI=1S/C21H22Cl2N2O5S/c1-4-5-8-30-21(28)15-14(12-7-6-11(22)9-13(12)23)16(20(27)29-3)19-25(17(15)24)18(26)10(2)31-19/h6-7,9-10,14H,4-5,8,24H2,1-3H3. The average Bonchev–Trinajstić information content (AvgIpc) is 3.02. The largest absolute Gasteiger partial charge is 0.466 e. The van der Waals surface area contributed by atoms with Crippen LogP contribution in [0, 0.1) is 0 Å². The van der Waals surface area contributed by atoms with Gasteiger partial charge in [-0.1, -0.05) is 54.4 Å². The first-order valence-electron chi connectivity index (χ1n) is 9.67. The Hall–Kier alpha value is -2.16. The van der Waals surface area contributed by atoms with Crippen LogP contribution in [-0.4, -0.2) is 41.7 Å². The Balaban J connectivity index is 2.26. The predicted molar refractivity (Wildman–Crippen MR) is 119 cm³/mol. The highest BCUT2D eigenvalue weighted by Crippen LogP contribution is 2.50. The number of hydrogen-bond acceptors (Lipinski definition) is 7. The van der Waals surface area contributed by atoms with Gasteiger partial charge in [0.05, 0.1) is 41.1 Å². The number of amides is 1. The Bertz CT molecular complexity index is 1010. The van der Waals surface area contributed by atoms with Crippen molar-refractivity contribution in [1.29, 1.82) is 0 Å². The average molecular weight is 485 g/mol. The fourth-order valence-electron chi connectivity index (χ4n) is 3.47. The van der Waals surface area contributed by atoms with E-state index in [-0.39, 0.29) is 34.5 Å². The molecule has 10 heteroatoms. The highest BCUT2D eigenvalue weighted by molar-refractivity contribution is 8.04. The number of halogens is 2. The zero-order valence-corrected chi connectivity index (χ0v) is 19.6. The fraction of sp³-hybridized carbons (Fsp3) is 0.381. The third-order valence-corrected chi connectivity index (χ3v) is 6.76. The van der Waals surface area contributed by atoms with Crippen molar-refractivity contribution in [3.63, 3.8) is 0 Å². The van der Waals surface area contributed by atoms with Gasteiger partial charge >= 0.3 is 11.9 Å². The van der Waals surface area contributed by atoms with Crippen LogP contribution in [0.25, 0.3) is 0 Å². The summed E-state index contributed by atoms with van der Waals surface area (Å²) in [5, 5.41) is 0.455. The second-order valence-electron chi connectivity index (χ2n) is 7.03. The maximum absolute atomic E-state index is 13.1. The van der Waals surface area contributed by atoms with E-state index in [1.54, 1.807) is 19.1 Å². The van der Waals surface area contributed by atoms with Crippen molar-refractivity contribution in [2.24, 2.45) is 5.73 Å². The van der Waals surface area contributed by atoms with Gasteiger partial charge in [-0.05, 0) is 31.0 Å². The first-order chi connectivity index (χ1) is 14.7. The Morgan fingerprint density at radius 1 is 1.23 bits per heavy atom. The number of ether oxygens (including phenoxy) is 2. The summed E-state index contributed by atoms with van der Waals surface area (Å²) in [6, 6.07) is 4.72. The minimum absolute atomic E-state index is 0.0347. The monoisotopic (exact) mass is 484 g/mol. The molecule has 2 N–H and O–H groups in total. The molecule has 1 aromatic carbocycles. The summed E-state index contributed by atoms with van der Waals surface area (Å²) < 4.78 is 10.4. The molecule has 1 fully saturated rings. The van der Waals surface area contributed by atoms with Crippen LogP contribution in [0.2, 0.25) is 10.0 Å². The first kappa shape index (κ1) is 23.5. The van der Waals surface area contributed by atoms with Gasteiger partial charge in [-0.15, -0.1) is 0 Å². The minimum atomic E-state index is -0.983. The molecule has 0 spiro atoms. The maximum atomic E-state index is 13.1. The van der Waals surface area contributed by atoms with Crippen molar-refractivity contribution in [2.45, 2.75) is 37.9 Å². The molecule has 0 saturated carbocycles. The van der Waals surface area contributed by atoms with E-state index in [0.29, 0.717) is 22.0 Å². The summed E-state index contributed by atoms with van der Waals surface area (Å²) in [4.78, 5) is 40.0. The molecule has 0 bridgehead atoms. The van der Waals surface area contributed by atoms with Gasteiger partial charge in [0, 0.05) is 10.0 Å². The highest BCUT2D eigenvalue weighted by Gasteiger charge is 2.49. The van der Waals surface area contributed by atoms with Crippen LogP contribution in [-0.2, 0) is 23.9 Å². The molecule has 1 aromatic rings. The molecule has 31 heavy (non-hydrogen) atoms. The van der Waals surface area contributed by atoms with Crippen LogP contribution in [0.5, 0.6) is 0 Å². The van der Waals surface area contributed by atoms with Gasteiger partial charge in [0.2, 0.25) is 5.91 Å². The number of nitrogens with zero attached hydrogens (tertiary/aromatic N) is 1. The fourth-order valence-corrected chi connectivity index (χ4v) is 5.15. The van der Waals surface area contributed by atoms with E-state index >= 15 is 0 Å². The van der Waals surface area contributed by atoms with E-state index in [1.165, 1.54) is 29.8 Å². The number of hydrogen-bond donors (Lipinski definition) is 1. The SMILES string of the molecule is CCCCOC(=O)C1=C(N)N2C(=O)C(C)SC2=C(C(=O)OC)C1c1ccc(Cl)cc1Cl. The lowest BCUT2D eigenvalue weighted by atomic mass is 9.82. The van der Waals surface area contributed by atoms with E-state index in [1.807, 2.05) is 6.92 Å². The third kappa shape index (κ3) is 4.29. The lowest BCUT2D eigenvalue weighted by molar-refractivity contribution is -0.139. The van der Waals surface area contributed by atoms with Crippen LogP contribution in [0.15, 0.2) is 40.2 Å². The first-order valence-corrected chi connectivity index (χ1v) is 11.3. The van der Waals surface area contributed by atoms with Crippen molar-refractivity contribution < 1.29 is 23.9 Å². The molecule has 1 amide bonds. The number of carbonyl (C=O) groups is 3. The van der Waals surface area contributed by atoms with Gasteiger partial charge in [0.25, 0.3) is 0 Å². The molecule has 7 nitrogen and oxygen atoms in total. The molecule has 0 aliphatic carbocycles. The smallest absolute Gasteiger partial charge is 0.338 e. The van der Waals surface area contributed by atoms with E-state index in [9.17, 15) is 14.4 Å². The molecule has 166 valence electrons. The molecular weight excluding hydrogens is 463 g/mol. The quantitative estimate of drug-likeness (QED) is 0.481. The summed E-state index contributed by atoms with van der Waals surface area (Å²) in [7, 11) is 1.23. The van der Waals surface area contributed by atoms with Gasteiger partial charge in [0.15, 0.2) is 0 Å². The zero-order chi connectivity index (χ0) is 22.9. The molecular formula is C21H22Cl2N2O5S. The number of nitrogens with two attached hydrogens (primary N) is 1. The summed E-state index contributed by atoms with van der Waals surface area (Å²) in [5.41, 5.74) is 6.84. The minimum Gasteiger partial charge on any atom is -0.466 e. The predicted octanol–water partition coefficient (Wildman–Crippen LogP) is 3.95. The number of esters is 2. The van der Waals surface area contributed by atoms with Gasteiger partial charge in [-0.25, -0.2) is 9.59 Å². The van der Waals surface area contributed by atoms with Gasteiger partial charge < -0.3 is 15.2 Å². The van der Waals surface area contributed by atoms with Crippen molar-refractivity contribution in [3.8, 4) is 0 Å². The molecule has 1 saturated heterocycles. The normalized spacial score (nSPS) is 20.8. The van der Waals surface area contributed by atoms with Crippen molar-refractivity contribution in [2.75, 3.05) is 13.7 Å². The second-order valence-corrected chi connectivity index (χ2v) is 9.20. The number of thioether (sulfide) groups is 1. The molecule has 0 aromatic heterocycles. The second kappa shape index (κ2) is 9.54. The van der Waals surface area contributed by atoms with Crippen molar-refractivity contribution in [1.82, 2.24) is 4.90 Å². The number of rotatable bonds is 6. The van der Waals surface area contributed by atoms with E-state index in [4.69, 9.17) is 38.4 Å². The molecule has 2 heterocycles. The van der Waals surface area contributed by atoms with Gasteiger partial charge in [-0.3, -0.25) is 9.69 Å². The Kier molecular flexibility index (Phi) is 7.24.